The molecule has 0 radical (unpaired) electrons. The predicted octanol–water partition coefficient (Wildman–Crippen LogP) is 3.87. The predicted molar refractivity (Wildman–Crippen MR) is 97.3 cm³/mol. The Morgan fingerprint density at radius 3 is 2.92 bits per heavy atom. The zero-order valence-electron chi connectivity index (χ0n) is 14.3. The minimum atomic E-state index is -0.342. The molecule has 0 spiro atoms. The first-order valence-corrected chi connectivity index (χ1v) is 8.33. The van der Waals surface area contributed by atoms with Gasteiger partial charge in [-0.15, -0.1) is 0 Å². The minimum absolute atomic E-state index is 0.335. The molecule has 25 heavy (non-hydrogen) atoms. The fourth-order valence-corrected chi connectivity index (χ4v) is 2.86. The van der Waals surface area contributed by atoms with E-state index in [9.17, 15) is 9.18 Å². The van der Waals surface area contributed by atoms with Crippen LogP contribution in [0.15, 0.2) is 42.7 Å². The SMILES string of the molecule is CCn1cc(CCNC(=O)Nc2cccc(F)c2C)c2cccnc21. The van der Waals surface area contributed by atoms with Gasteiger partial charge in [-0.25, -0.2) is 14.2 Å². The molecule has 5 nitrogen and oxygen atoms in total. The second-order valence-electron chi connectivity index (χ2n) is 5.86. The summed E-state index contributed by atoms with van der Waals surface area (Å²) >= 11 is 0. The van der Waals surface area contributed by atoms with Crippen LogP contribution in [0.1, 0.15) is 18.1 Å². The lowest BCUT2D eigenvalue weighted by Crippen LogP contribution is -2.30. The van der Waals surface area contributed by atoms with Crippen LogP contribution in [0, 0.1) is 12.7 Å². The number of nitrogens with one attached hydrogen (secondary N) is 2. The molecule has 0 fully saturated rings. The molecule has 0 aliphatic rings. The standard InChI is InChI=1S/C19H21FN4O/c1-3-24-12-14(15-6-5-10-21-18(15)24)9-11-22-19(25)23-17-8-4-7-16(20)13(17)2/h4-8,10,12H,3,9,11H2,1-2H3,(H2,22,23,25). The smallest absolute Gasteiger partial charge is 0.319 e. The number of hydrogen-bond acceptors (Lipinski definition) is 2. The average molecular weight is 340 g/mol. The molecule has 1 aromatic carbocycles. The number of hydrogen-bond donors (Lipinski definition) is 2. The van der Waals surface area contributed by atoms with Gasteiger partial charge in [-0.3, -0.25) is 0 Å². The van der Waals surface area contributed by atoms with Crippen LogP contribution >= 0.6 is 0 Å². The number of rotatable bonds is 5. The van der Waals surface area contributed by atoms with E-state index in [0.29, 0.717) is 24.2 Å². The Bertz CT molecular complexity index is 904. The number of benzene rings is 1. The van der Waals surface area contributed by atoms with Gasteiger partial charge >= 0.3 is 6.03 Å². The zero-order chi connectivity index (χ0) is 17.8. The number of urea groups is 1. The van der Waals surface area contributed by atoms with Crippen molar-refractivity contribution >= 4 is 22.8 Å². The van der Waals surface area contributed by atoms with Crippen molar-refractivity contribution < 1.29 is 9.18 Å². The molecule has 0 aliphatic carbocycles. The van der Waals surface area contributed by atoms with Gasteiger partial charge in [0.2, 0.25) is 0 Å². The zero-order valence-corrected chi connectivity index (χ0v) is 14.3. The second-order valence-corrected chi connectivity index (χ2v) is 5.86. The van der Waals surface area contributed by atoms with Crippen LogP contribution in [-0.4, -0.2) is 22.1 Å². The molecule has 2 N–H and O–H groups in total. The van der Waals surface area contributed by atoms with Gasteiger partial charge in [0.25, 0.3) is 0 Å². The lowest BCUT2D eigenvalue weighted by Gasteiger charge is -2.10. The monoisotopic (exact) mass is 340 g/mol. The molecular weight excluding hydrogens is 319 g/mol. The Balaban J connectivity index is 1.61. The van der Waals surface area contributed by atoms with Crippen LogP contribution < -0.4 is 10.6 Å². The van der Waals surface area contributed by atoms with Crippen molar-refractivity contribution in [1.29, 1.82) is 0 Å². The molecule has 2 amide bonds. The van der Waals surface area contributed by atoms with Crippen LogP contribution in [-0.2, 0) is 13.0 Å². The van der Waals surface area contributed by atoms with Gasteiger partial charge in [-0.1, -0.05) is 6.07 Å². The number of carbonyl (C=O) groups is 1. The Hall–Kier alpha value is -2.89. The Morgan fingerprint density at radius 2 is 2.12 bits per heavy atom. The minimum Gasteiger partial charge on any atom is -0.338 e. The molecule has 3 rings (SSSR count). The molecule has 0 saturated heterocycles. The van der Waals surface area contributed by atoms with Gasteiger partial charge in [-0.2, -0.15) is 0 Å². The third-order valence-corrected chi connectivity index (χ3v) is 4.25. The largest absolute Gasteiger partial charge is 0.338 e. The molecule has 2 heterocycles. The molecule has 0 aliphatic heterocycles. The fraction of sp³-hybridized carbons (Fsp3) is 0.263. The molecule has 2 aromatic heterocycles. The second kappa shape index (κ2) is 7.34. The van der Waals surface area contributed by atoms with Gasteiger partial charge in [0.1, 0.15) is 11.5 Å². The van der Waals surface area contributed by atoms with Crippen LogP contribution in [0.2, 0.25) is 0 Å². The van der Waals surface area contributed by atoms with E-state index in [-0.39, 0.29) is 11.8 Å². The van der Waals surface area contributed by atoms with E-state index < -0.39 is 0 Å². The summed E-state index contributed by atoms with van der Waals surface area (Å²) < 4.78 is 15.6. The summed E-state index contributed by atoms with van der Waals surface area (Å²) in [4.78, 5) is 16.4. The van der Waals surface area contributed by atoms with E-state index in [0.717, 1.165) is 23.1 Å². The normalized spacial score (nSPS) is 10.8. The number of nitrogens with zero attached hydrogens (tertiary/aromatic N) is 2. The summed E-state index contributed by atoms with van der Waals surface area (Å²) in [5.41, 5.74) is 3.01. The van der Waals surface area contributed by atoms with Crippen molar-refractivity contribution in [3.63, 3.8) is 0 Å². The maximum absolute atomic E-state index is 13.5. The molecule has 130 valence electrons. The van der Waals surface area contributed by atoms with E-state index in [2.05, 4.69) is 33.3 Å². The Kier molecular flexibility index (Phi) is 4.97. The lowest BCUT2D eigenvalue weighted by molar-refractivity contribution is 0.252. The van der Waals surface area contributed by atoms with Crippen molar-refractivity contribution in [3.05, 3.63) is 59.7 Å². The van der Waals surface area contributed by atoms with Gasteiger partial charge in [0.15, 0.2) is 0 Å². The number of pyridine rings is 1. The molecule has 0 saturated carbocycles. The summed E-state index contributed by atoms with van der Waals surface area (Å²) in [5.74, 6) is -0.335. The molecule has 6 heteroatoms. The highest BCUT2D eigenvalue weighted by molar-refractivity contribution is 5.90. The van der Waals surface area contributed by atoms with Crippen LogP contribution in [0.25, 0.3) is 11.0 Å². The summed E-state index contributed by atoms with van der Waals surface area (Å²) in [6, 6.07) is 8.24. The van der Waals surface area contributed by atoms with Gasteiger partial charge in [0.05, 0.1) is 0 Å². The number of amides is 2. The van der Waals surface area contributed by atoms with E-state index in [1.54, 1.807) is 25.3 Å². The molecular formula is C19H21FN4O. The summed E-state index contributed by atoms with van der Waals surface area (Å²) in [5, 5.41) is 6.60. The first-order valence-electron chi connectivity index (χ1n) is 8.33. The summed E-state index contributed by atoms with van der Waals surface area (Å²) in [6.07, 6.45) is 4.56. The van der Waals surface area contributed by atoms with Gasteiger partial charge in [-0.05, 0) is 50.1 Å². The quantitative estimate of drug-likeness (QED) is 0.741. The summed E-state index contributed by atoms with van der Waals surface area (Å²) in [6.45, 7) is 5.04. The van der Waals surface area contributed by atoms with E-state index >= 15 is 0 Å². The first kappa shape index (κ1) is 17.0. The Morgan fingerprint density at radius 1 is 1.28 bits per heavy atom. The highest BCUT2D eigenvalue weighted by Gasteiger charge is 2.10. The molecule has 0 atom stereocenters. The maximum Gasteiger partial charge on any atom is 0.319 e. The van der Waals surface area contributed by atoms with Crippen molar-refractivity contribution in [1.82, 2.24) is 14.9 Å². The highest BCUT2D eigenvalue weighted by Crippen LogP contribution is 2.20. The first-order chi connectivity index (χ1) is 12.1. The Labute approximate surface area is 145 Å². The number of halogens is 1. The van der Waals surface area contributed by atoms with E-state index in [1.165, 1.54) is 6.07 Å². The van der Waals surface area contributed by atoms with Crippen molar-refractivity contribution in [2.24, 2.45) is 0 Å². The van der Waals surface area contributed by atoms with Gasteiger partial charge < -0.3 is 15.2 Å². The third kappa shape index (κ3) is 3.63. The molecule has 0 unspecified atom stereocenters. The van der Waals surface area contributed by atoms with Crippen molar-refractivity contribution in [2.45, 2.75) is 26.8 Å². The van der Waals surface area contributed by atoms with Gasteiger partial charge in [0, 0.05) is 42.1 Å². The number of aromatic nitrogens is 2. The van der Waals surface area contributed by atoms with E-state index in [1.807, 2.05) is 12.1 Å². The number of aryl methyl sites for hydroxylation is 1. The fourth-order valence-electron chi connectivity index (χ4n) is 2.86. The number of fused-ring (bicyclic) bond motifs is 1. The van der Waals surface area contributed by atoms with Crippen LogP contribution in [0.4, 0.5) is 14.9 Å². The van der Waals surface area contributed by atoms with Crippen LogP contribution in [0.3, 0.4) is 0 Å². The number of carbonyl (C=O) groups excluding carboxylic acids is 1. The highest BCUT2D eigenvalue weighted by atomic mass is 19.1. The maximum atomic E-state index is 13.5. The topological polar surface area (TPSA) is 59.0 Å². The molecule has 3 aromatic rings. The lowest BCUT2D eigenvalue weighted by atomic mass is 10.1. The third-order valence-electron chi connectivity index (χ3n) is 4.25. The van der Waals surface area contributed by atoms with Crippen molar-refractivity contribution in [3.8, 4) is 0 Å². The van der Waals surface area contributed by atoms with Crippen LogP contribution in [0.5, 0.6) is 0 Å². The number of anilines is 1. The van der Waals surface area contributed by atoms with E-state index in [4.69, 9.17) is 0 Å². The average Bonchev–Trinajstić information content (AvgIpc) is 2.97. The summed E-state index contributed by atoms with van der Waals surface area (Å²) in [7, 11) is 0. The van der Waals surface area contributed by atoms with Crippen molar-refractivity contribution in [2.75, 3.05) is 11.9 Å². The molecule has 0 bridgehead atoms.